The lowest BCUT2D eigenvalue weighted by Crippen LogP contribution is -2.35. The molecule has 1 aromatic rings. The molecule has 7 heteroatoms. The van der Waals surface area contributed by atoms with Gasteiger partial charge >= 0.3 is 0 Å². The number of thiocarbonyl (C=S) groups is 1. The minimum Gasteiger partial charge on any atom is -0.360 e. The van der Waals surface area contributed by atoms with Crippen LogP contribution in [0.15, 0.2) is 6.07 Å². The molecule has 3 heterocycles. The molecule has 6 nitrogen and oxygen atoms in total. The first-order chi connectivity index (χ1) is 12.1. The van der Waals surface area contributed by atoms with Gasteiger partial charge in [0.1, 0.15) is 11.6 Å². The summed E-state index contributed by atoms with van der Waals surface area (Å²) in [6, 6.07) is 2.44. The summed E-state index contributed by atoms with van der Waals surface area (Å²) in [6.45, 7) is 8.43. The highest BCUT2D eigenvalue weighted by molar-refractivity contribution is 7.80. The molecule has 0 bridgehead atoms. The Balaban J connectivity index is 1.83. The molecule has 138 valence electrons. The molecule has 2 aliphatic rings. The summed E-state index contributed by atoms with van der Waals surface area (Å²) in [5.74, 6) is 2.64. The molecular formula is C18H30N6S. The van der Waals surface area contributed by atoms with E-state index in [1.54, 1.807) is 0 Å². The smallest absolute Gasteiger partial charge is 0.232 e. The zero-order valence-electron chi connectivity index (χ0n) is 15.4. The summed E-state index contributed by atoms with van der Waals surface area (Å²) in [5.41, 5.74) is 0. The molecular weight excluding hydrogens is 332 g/mol. The Kier molecular flexibility index (Phi) is 6.29. The van der Waals surface area contributed by atoms with Gasteiger partial charge in [0, 0.05) is 38.3 Å². The van der Waals surface area contributed by atoms with Crippen LogP contribution in [0.4, 0.5) is 17.6 Å². The van der Waals surface area contributed by atoms with Crippen LogP contribution in [0.25, 0.3) is 0 Å². The Morgan fingerprint density at radius 1 is 0.920 bits per heavy atom. The van der Waals surface area contributed by atoms with Crippen LogP contribution in [-0.4, -0.2) is 47.3 Å². The van der Waals surface area contributed by atoms with Crippen molar-refractivity contribution >= 4 is 34.9 Å². The second kappa shape index (κ2) is 8.65. The number of hydrogen-bond donors (Lipinski definition) is 2. The van der Waals surface area contributed by atoms with Crippen molar-refractivity contribution in [2.75, 3.05) is 41.3 Å². The average Bonchev–Trinajstić information content (AvgIpc) is 2.96. The van der Waals surface area contributed by atoms with Crippen molar-refractivity contribution in [1.82, 2.24) is 15.3 Å². The van der Waals surface area contributed by atoms with E-state index in [9.17, 15) is 0 Å². The maximum Gasteiger partial charge on any atom is 0.232 e. The van der Waals surface area contributed by atoms with Gasteiger partial charge in [-0.15, -0.1) is 0 Å². The van der Waals surface area contributed by atoms with Crippen LogP contribution in [0.5, 0.6) is 0 Å². The number of aromatic nitrogens is 2. The van der Waals surface area contributed by atoms with Gasteiger partial charge < -0.3 is 20.4 Å². The first kappa shape index (κ1) is 18.2. The highest BCUT2D eigenvalue weighted by Gasteiger charge is 2.19. The maximum atomic E-state index is 5.38. The molecule has 1 aromatic heterocycles. The SMILES string of the molecule is CC(C)NC(=S)Nc1nc(N2CCCCCC2)cc(N2CCCC2)n1. The van der Waals surface area contributed by atoms with E-state index in [1.165, 1.54) is 38.5 Å². The lowest BCUT2D eigenvalue weighted by Gasteiger charge is -2.25. The van der Waals surface area contributed by atoms with E-state index in [2.05, 4.69) is 40.3 Å². The van der Waals surface area contributed by atoms with Gasteiger partial charge in [0.05, 0.1) is 0 Å². The third kappa shape index (κ3) is 5.17. The number of nitrogens with one attached hydrogen (secondary N) is 2. The van der Waals surface area contributed by atoms with Gasteiger partial charge in [-0.3, -0.25) is 0 Å². The molecule has 2 aliphatic heterocycles. The predicted molar refractivity (Wildman–Crippen MR) is 109 cm³/mol. The fourth-order valence-corrected chi connectivity index (χ4v) is 3.77. The Morgan fingerprint density at radius 2 is 1.40 bits per heavy atom. The molecule has 2 fully saturated rings. The summed E-state index contributed by atoms with van der Waals surface area (Å²) in [6.07, 6.45) is 7.57. The molecule has 0 radical (unpaired) electrons. The Morgan fingerprint density at radius 3 is 1.88 bits per heavy atom. The van der Waals surface area contributed by atoms with Crippen LogP contribution in [0.2, 0.25) is 0 Å². The van der Waals surface area contributed by atoms with Crippen molar-refractivity contribution in [3.8, 4) is 0 Å². The number of rotatable bonds is 4. The highest BCUT2D eigenvalue weighted by atomic mass is 32.1. The molecule has 0 saturated carbocycles. The fraction of sp³-hybridized carbons (Fsp3) is 0.722. The molecule has 0 aliphatic carbocycles. The molecule has 0 unspecified atom stereocenters. The average molecular weight is 363 g/mol. The lowest BCUT2D eigenvalue weighted by molar-refractivity contribution is 0.726. The van der Waals surface area contributed by atoms with Gasteiger partial charge in [0.2, 0.25) is 5.95 Å². The van der Waals surface area contributed by atoms with Gasteiger partial charge in [-0.2, -0.15) is 9.97 Å². The first-order valence-corrected chi connectivity index (χ1v) is 9.99. The van der Waals surface area contributed by atoms with Gasteiger partial charge in [0.15, 0.2) is 5.11 Å². The van der Waals surface area contributed by atoms with Crippen molar-refractivity contribution < 1.29 is 0 Å². The van der Waals surface area contributed by atoms with E-state index < -0.39 is 0 Å². The van der Waals surface area contributed by atoms with Gasteiger partial charge in [-0.1, -0.05) is 12.8 Å². The van der Waals surface area contributed by atoms with E-state index >= 15 is 0 Å². The molecule has 3 rings (SSSR count). The van der Waals surface area contributed by atoms with E-state index in [-0.39, 0.29) is 6.04 Å². The second-order valence-electron chi connectivity index (χ2n) is 7.26. The number of hydrogen-bond acceptors (Lipinski definition) is 5. The van der Waals surface area contributed by atoms with Crippen LogP contribution in [0.1, 0.15) is 52.4 Å². The Labute approximate surface area is 156 Å². The van der Waals surface area contributed by atoms with E-state index in [0.29, 0.717) is 11.1 Å². The Hall–Kier alpha value is -1.63. The van der Waals surface area contributed by atoms with Crippen LogP contribution in [0, 0.1) is 0 Å². The van der Waals surface area contributed by atoms with Crippen LogP contribution in [-0.2, 0) is 0 Å². The van der Waals surface area contributed by atoms with E-state index in [0.717, 1.165) is 37.8 Å². The van der Waals surface area contributed by atoms with Gasteiger partial charge in [-0.05, 0) is 51.7 Å². The summed E-state index contributed by atoms with van der Waals surface area (Å²) in [4.78, 5) is 14.3. The summed E-state index contributed by atoms with van der Waals surface area (Å²) < 4.78 is 0. The minimum absolute atomic E-state index is 0.284. The van der Waals surface area contributed by atoms with Crippen molar-refractivity contribution in [3.05, 3.63) is 6.07 Å². The number of nitrogens with zero attached hydrogens (tertiary/aromatic N) is 4. The third-order valence-electron chi connectivity index (χ3n) is 4.70. The Bertz CT molecular complexity index is 577. The maximum absolute atomic E-state index is 5.38. The quantitative estimate of drug-likeness (QED) is 0.798. The van der Waals surface area contributed by atoms with Crippen molar-refractivity contribution in [1.29, 1.82) is 0 Å². The number of anilines is 3. The molecule has 0 aromatic carbocycles. The molecule has 0 spiro atoms. The van der Waals surface area contributed by atoms with E-state index in [4.69, 9.17) is 22.2 Å². The normalized spacial score (nSPS) is 18.4. The summed E-state index contributed by atoms with van der Waals surface area (Å²) >= 11 is 5.38. The predicted octanol–water partition coefficient (Wildman–Crippen LogP) is 3.15. The monoisotopic (exact) mass is 362 g/mol. The highest BCUT2D eigenvalue weighted by Crippen LogP contribution is 2.26. The van der Waals surface area contributed by atoms with Crippen LogP contribution >= 0.6 is 12.2 Å². The van der Waals surface area contributed by atoms with Crippen molar-refractivity contribution in [2.45, 2.75) is 58.4 Å². The van der Waals surface area contributed by atoms with Crippen LogP contribution < -0.4 is 20.4 Å². The minimum atomic E-state index is 0.284. The zero-order valence-corrected chi connectivity index (χ0v) is 16.2. The lowest BCUT2D eigenvalue weighted by atomic mass is 10.2. The van der Waals surface area contributed by atoms with Crippen LogP contribution in [0.3, 0.4) is 0 Å². The molecule has 0 atom stereocenters. The summed E-state index contributed by atoms with van der Waals surface area (Å²) in [7, 11) is 0. The van der Waals surface area contributed by atoms with Gasteiger partial charge in [0.25, 0.3) is 0 Å². The molecule has 2 N–H and O–H groups in total. The van der Waals surface area contributed by atoms with Crippen molar-refractivity contribution in [2.24, 2.45) is 0 Å². The topological polar surface area (TPSA) is 56.3 Å². The standard InChI is InChI=1S/C18H30N6S/c1-14(2)19-18(25)22-17-20-15(23-9-5-3-4-6-10-23)13-16(21-17)24-11-7-8-12-24/h13-14H,3-12H2,1-2H3,(H2,19,20,21,22,25). The second-order valence-corrected chi connectivity index (χ2v) is 7.66. The van der Waals surface area contributed by atoms with E-state index in [1.807, 2.05) is 0 Å². The van der Waals surface area contributed by atoms with Gasteiger partial charge in [-0.25, -0.2) is 0 Å². The van der Waals surface area contributed by atoms with Crippen molar-refractivity contribution in [3.63, 3.8) is 0 Å². The fourth-order valence-electron chi connectivity index (χ4n) is 3.45. The zero-order chi connectivity index (χ0) is 17.6. The largest absolute Gasteiger partial charge is 0.360 e. The first-order valence-electron chi connectivity index (χ1n) is 9.58. The molecule has 2 saturated heterocycles. The molecule has 0 amide bonds. The third-order valence-corrected chi connectivity index (χ3v) is 4.92. The molecule has 25 heavy (non-hydrogen) atoms. The summed E-state index contributed by atoms with van der Waals surface area (Å²) in [5, 5.41) is 6.96.